The number of carboxylic acids is 1. The number of anilines is 1. The highest BCUT2D eigenvalue weighted by Gasteiger charge is 2.24. The molecule has 136 valence electrons. The third-order valence-electron chi connectivity index (χ3n) is 3.67. The Bertz CT molecular complexity index is 750. The molecule has 0 aliphatic rings. The average Bonchev–Trinajstić information content (AvgIpc) is 2.62. The van der Waals surface area contributed by atoms with Crippen LogP contribution in [-0.4, -0.2) is 35.1 Å². The Morgan fingerprint density at radius 3 is 2.08 bits per heavy atom. The second-order valence-electron chi connectivity index (χ2n) is 5.78. The highest BCUT2D eigenvalue weighted by atomic mass is 16.4. The van der Waals surface area contributed by atoms with Crippen LogP contribution in [0.3, 0.4) is 0 Å². The lowest BCUT2D eigenvalue weighted by atomic mass is 10.1. The van der Waals surface area contributed by atoms with Gasteiger partial charge >= 0.3 is 12.0 Å². The van der Waals surface area contributed by atoms with E-state index in [-0.39, 0.29) is 6.42 Å². The van der Waals surface area contributed by atoms with Crippen molar-refractivity contribution in [1.29, 1.82) is 0 Å². The zero-order valence-corrected chi connectivity index (χ0v) is 14.3. The third-order valence-corrected chi connectivity index (χ3v) is 3.67. The van der Waals surface area contributed by atoms with Crippen LogP contribution in [0.5, 0.6) is 0 Å². The quantitative estimate of drug-likeness (QED) is 0.609. The van der Waals surface area contributed by atoms with Crippen molar-refractivity contribution in [2.45, 2.75) is 25.4 Å². The molecular weight excluding hydrogens is 334 g/mol. The van der Waals surface area contributed by atoms with Crippen LogP contribution < -0.4 is 16.0 Å². The van der Waals surface area contributed by atoms with Gasteiger partial charge in [0, 0.05) is 12.1 Å². The minimum Gasteiger partial charge on any atom is -0.480 e. The number of para-hydroxylation sites is 1. The summed E-state index contributed by atoms with van der Waals surface area (Å²) in [6.45, 7) is 1.49. The van der Waals surface area contributed by atoms with Gasteiger partial charge in [-0.2, -0.15) is 0 Å². The first-order valence-corrected chi connectivity index (χ1v) is 8.15. The van der Waals surface area contributed by atoms with E-state index in [2.05, 4.69) is 16.0 Å². The Labute approximate surface area is 151 Å². The molecule has 2 atom stereocenters. The normalized spacial score (nSPS) is 12.5. The zero-order valence-electron chi connectivity index (χ0n) is 14.3. The number of hydrogen-bond donors (Lipinski definition) is 4. The van der Waals surface area contributed by atoms with Gasteiger partial charge in [-0.3, -0.25) is 4.79 Å². The number of carbonyl (C=O) groups excluding carboxylic acids is 2. The maximum Gasteiger partial charge on any atom is 0.326 e. The molecule has 3 amide bonds. The first-order chi connectivity index (χ1) is 12.5. The second kappa shape index (κ2) is 9.22. The van der Waals surface area contributed by atoms with Crippen molar-refractivity contribution in [2.75, 3.05) is 5.32 Å². The predicted molar refractivity (Wildman–Crippen MR) is 97.8 cm³/mol. The molecule has 0 aliphatic carbocycles. The van der Waals surface area contributed by atoms with Crippen LogP contribution in [-0.2, 0) is 16.0 Å². The van der Waals surface area contributed by atoms with Gasteiger partial charge in [0.1, 0.15) is 12.1 Å². The summed E-state index contributed by atoms with van der Waals surface area (Å²) >= 11 is 0. The maximum atomic E-state index is 12.2. The monoisotopic (exact) mass is 355 g/mol. The van der Waals surface area contributed by atoms with Crippen LogP contribution in [0.2, 0.25) is 0 Å². The number of amides is 3. The summed E-state index contributed by atoms with van der Waals surface area (Å²) in [5.41, 5.74) is 1.38. The first-order valence-electron chi connectivity index (χ1n) is 8.15. The van der Waals surface area contributed by atoms with E-state index >= 15 is 0 Å². The number of hydrogen-bond acceptors (Lipinski definition) is 3. The Morgan fingerprint density at radius 2 is 1.50 bits per heavy atom. The van der Waals surface area contributed by atoms with Crippen LogP contribution in [0.25, 0.3) is 0 Å². The van der Waals surface area contributed by atoms with E-state index in [1.54, 1.807) is 48.5 Å². The van der Waals surface area contributed by atoms with Crippen molar-refractivity contribution in [1.82, 2.24) is 10.6 Å². The minimum atomic E-state index is -1.14. The molecule has 0 fully saturated rings. The zero-order chi connectivity index (χ0) is 18.9. The largest absolute Gasteiger partial charge is 0.480 e. The molecule has 7 heteroatoms. The molecule has 7 nitrogen and oxygen atoms in total. The van der Waals surface area contributed by atoms with Crippen molar-refractivity contribution in [3.63, 3.8) is 0 Å². The number of rotatable bonds is 7. The lowest BCUT2D eigenvalue weighted by molar-refractivity contribution is -0.142. The van der Waals surface area contributed by atoms with E-state index in [1.165, 1.54) is 6.92 Å². The molecule has 0 saturated carbocycles. The molecule has 0 unspecified atom stereocenters. The van der Waals surface area contributed by atoms with Gasteiger partial charge < -0.3 is 21.1 Å². The van der Waals surface area contributed by atoms with Crippen LogP contribution in [0, 0.1) is 0 Å². The summed E-state index contributed by atoms with van der Waals surface area (Å²) in [5.74, 6) is -1.71. The molecule has 0 aliphatic heterocycles. The smallest absolute Gasteiger partial charge is 0.326 e. The highest BCUT2D eigenvalue weighted by molar-refractivity contribution is 5.94. The SMILES string of the molecule is C[C@@H](NC(=O)Nc1ccccc1)C(=O)N[C@H](Cc1ccccc1)C(=O)O. The number of aliphatic carboxylic acids is 1. The van der Waals surface area contributed by atoms with Gasteiger partial charge in [0.25, 0.3) is 0 Å². The van der Waals surface area contributed by atoms with E-state index in [0.29, 0.717) is 5.69 Å². The number of carbonyl (C=O) groups is 3. The molecule has 26 heavy (non-hydrogen) atoms. The molecule has 2 aromatic carbocycles. The maximum absolute atomic E-state index is 12.2. The van der Waals surface area contributed by atoms with Crippen LogP contribution in [0.4, 0.5) is 10.5 Å². The number of benzene rings is 2. The van der Waals surface area contributed by atoms with E-state index in [9.17, 15) is 19.5 Å². The van der Waals surface area contributed by atoms with Gasteiger partial charge in [0.2, 0.25) is 5.91 Å². The first kappa shape index (κ1) is 19.0. The van der Waals surface area contributed by atoms with Gasteiger partial charge in [0.15, 0.2) is 0 Å². The molecular formula is C19H21N3O4. The fourth-order valence-corrected chi connectivity index (χ4v) is 2.30. The van der Waals surface area contributed by atoms with E-state index in [0.717, 1.165) is 5.56 Å². The topological polar surface area (TPSA) is 108 Å². The molecule has 0 heterocycles. The van der Waals surface area contributed by atoms with Crippen LogP contribution in [0.15, 0.2) is 60.7 Å². The summed E-state index contributed by atoms with van der Waals surface area (Å²) in [6.07, 6.45) is 0.158. The van der Waals surface area contributed by atoms with Crippen LogP contribution >= 0.6 is 0 Å². The number of nitrogens with one attached hydrogen (secondary N) is 3. The Kier molecular flexibility index (Phi) is 6.73. The van der Waals surface area contributed by atoms with Crippen molar-refractivity contribution in [3.8, 4) is 0 Å². The fraction of sp³-hybridized carbons (Fsp3) is 0.211. The Hall–Kier alpha value is -3.35. The van der Waals surface area contributed by atoms with Crippen molar-refractivity contribution < 1.29 is 19.5 Å². The molecule has 0 radical (unpaired) electrons. The molecule has 0 bridgehead atoms. The van der Waals surface area contributed by atoms with E-state index in [1.807, 2.05) is 12.1 Å². The summed E-state index contributed by atoms with van der Waals surface area (Å²) in [7, 11) is 0. The van der Waals surface area contributed by atoms with Gasteiger partial charge in [-0.05, 0) is 24.6 Å². The predicted octanol–water partition coefficient (Wildman–Crippen LogP) is 2.01. The molecule has 0 saturated heterocycles. The number of carboxylic acid groups (broad SMARTS) is 1. The third kappa shape index (κ3) is 5.94. The molecule has 2 aromatic rings. The van der Waals surface area contributed by atoms with Gasteiger partial charge in [-0.25, -0.2) is 9.59 Å². The lowest BCUT2D eigenvalue weighted by Crippen LogP contribution is -2.51. The van der Waals surface area contributed by atoms with Gasteiger partial charge in [-0.1, -0.05) is 48.5 Å². The van der Waals surface area contributed by atoms with E-state index in [4.69, 9.17) is 0 Å². The molecule has 0 aromatic heterocycles. The molecule has 0 spiro atoms. The van der Waals surface area contributed by atoms with Crippen molar-refractivity contribution in [2.24, 2.45) is 0 Å². The van der Waals surface area contributed by atoms with Gasteiger partial charge in [0.05, 0.1) is 0 Å². The summed E-state index contributed by atoms with van der Waals surface area (Å²) in [5, 5.41) is 16.9. The Balaban J connectivity index is 1.89. The highest BCUT2D eigenvalue weighted by Crippen LogP contribution is 2.05. The molecule has 4 N–H and O–H groups in total. The minimum absolute atomic E-state index is 0.158. The average molecular weight is 355 g/mol. The summed E-state index contributed by atoms with van der Waals surface area (Å²) in [4.78, 5) is 35.5. The lowest BCUT2D eigenvalue weighted by Gasteiger charge is -2.19. The molecule has 2 rings (SSSR count). The van der Waals surface area contributed by atoms with Crippen LogP contribution in [0.1, 0.15) is 12.5 Å². The second-order valence-corrected chi connectivity index (χ2v) is 5.78. The fourth-order valence-electron chi connectivity index (χ4n) is 2.30. The van der Waals surface area contributed by atoms with Crippen molar-refractivity contribution in [3.05, 3.63) is 66.2 Å². The Morgan fingerprint density at radius 1 is 0.923 bits per heavy atom. The van der Waals surface area contributed by atoms with E-state index < -0.39 is 30.0 Å². The van der Waals surface area contributed by atoms with Gasteiger partial charge in [-0.15, -0.1) is 0 Å². The standard InChI is InChI=1S/C19H21N3O4/c1-13(20-19(26)21-15-10-6-3-7-11-15)17(23)22-16(18(24)25)12-14-8-4-2-5-9-14/h2-11,13,16H,12H2,1H3,(H,22,23)(H,24,25)(H2,20,21,26)/t13-,16-/m1/s1. The number of urea groups is 1. The summed E-state index contributed by atoms with van der Waals surface area (Å²) < 4.78 is 0. The summed E-state index contributed by atoms with van der Waals surface area (Å²) in [6, 6.07) is 15.3. The van der Waals surface area contributed by atoms with Crippen molar-refractivity contribution >= 4 is 23.6 Å².